The molecule has 6 rings (SSSR count). The van der Waals surface area contributed by atoms with Crippen molar-refractivity contribution >= 4 is 11.9 Å². The quantitative estimate of drug-likeness (QED) is 0.0296. The van der Waals surface area contributed by atoms with Crippen molar-refractivity contribution in [1.29, 1.82) is 0 Å². The smallest absolute Gasteiger partial charge is 0.331 e. The van der Waals surface area contributed by atoms with E-state index in [1.54, 1.807) is 71.1 Å². The first-order chi connectivity index (χ1) is 33.7. The number of quaternary nitrogens is 2. The largest absolute Gasteiger partial charge is 0.493 e. The molecule has 0 saturated heterocycles. The molecule has 70 heavy (non-hydrogen) atoms. The van der Waals surface area contributed by atoms with E-state index in [9.17, 15) is 9.59 Å². The van der Waals surface area contributed by atoms with Crippen molar-refractivity contribution in [3.8, 4) is 57.5 Å². The van der Waals surface area contributed by atoms with Gasteiger partial charge in [0.25, 0.3) is 0 Å². The summed E-state index contributed by atoms with van der Waals surface area (Å²) in [6, 6.07) is 16.3. The van der Waals surface area contributed by atoms with Crippen LogP contribution < -0.4 is 47.4 Å². The molecule has 2 heterocycles. The van der Waals surface area contributed by atoms with Gasteiger partial charge in [-0.1, -0.05) is 0 Å². The molecule has 0 bridgehead atoms. The predicted molar refractivity (Wildman–Crippen MR) is 264 cm³/mol. The van der Waals surface area contributed by atoms with Crippen LogP contribution in [0.4, 0.5) is 0 Å². The fourth-order valence-corrected chi connectivity index (χ4v) is 10.2. The molecule has 0 amide bonds. The van der Waals surface area contributed by atoms with Gasteiger partial charge in [0.1, 0.15) is 12.1 Å². The maximum Gasteiger partial charge on any atom is 0.331 e. The van der Waals surface area contributed by atoms with Crippen LogP contribution in [0.1, 0.15) is 58.3 Å². The Bertz CT molecular complexity index is 2270. The van der Waals surface area contributed by atoms with Crippen molar-refractivity contribution in [2.75, 3.05) is 125 Å². The SMILES string of the molecule is COc1cc2c(cc1OC)[C@@H](Cc1cc(OC)c(OC)c(OC)c1)[N@+](C)(CCCOC(=O)/C=C/C(=O)OCCC[N@+]1(C)CCc3cc(OC)c(OC)cc3[C@H]1Cc1cc(OC)c(OC)c(OC)c1)CC2. The first-order valence-corrected chi connectivity index (χ1v) is 23.5. The van der Waals surface area contributed by atoms with E-state index in [0.717, 1.165) is 73.4 Å². The van der Waals surface area contributed by atoms with Crippen molar-refractivity contribution < 1.29 is 75.4 Å². The molecule has 0 aliphatic carbocycles. The molecule has 0 aromatic heterocycles. The predicted octanol–water partition coefficient (Wildman–Crippen LogP) is 7.47. The summed E-state index contributed by atoms with van der Waals surface area (Å²) < 4.78 is 69.4. The molecule has 2 aliphatic rings. The minimum absolute atomic E-state index is 0.00671. The van der Waals surface area contributed by atoms with Gasteiger partial charge in [-0.15, -0.1) is 0 Å². The van der Waals surface area contributed by atoms with Crippen molar-refractivity contribution in [3.63, 3.8) is 0 Å². The van der Waals surface area contributed by atoms with E-state index in [-0.39, 0.29) is 25.3 Å². The Kier molecular flexibility index (Phi) is 18.0. The van der Waals surface area contributed by atoms with Gasteiger partial charge in [0.05, 0.1) is 125 Å². The van der Waals surface area contributed by atoms with Crippen LogP contribution in [0, 0.1) is 0 Å². The number of ether oxygens (including phenoxy) is 12. The molecular formula is C54H72N2O14+2. The van der Waals surface area contributed by atoms with Crippen LogP contribution >= 0.6 is 0 Å². The topological polar surface area (TPSA) is 145 Å². The van der Waals surface area contributed by atoms with E-state index >= 15 is 0 Å². The van der Waals surface area contributed by atoms with E-state index in [1.165, 1.54) is 11.1 Å². The van der Waals surface area contributed by atoms with Gasteiger partial charge < -0.3 is 65.8 Å². The zero-order valence-electron chi connectivity index (χ0n) is 43.0. The van der Waals surface area contributed by atoms with Gasteiger partial charge in [0, 0.05) is 61.8 Å². The number of carbonyl (C=O) groups excluding carboxylic acids is 2. The van der Waals surface area contributed by atoms with Crippen LogP contribution in [0.3, 0.4) is 0 Å². The van der Waals surface area contributed by atoms with E-state index in [2.05, 4.69) is 38.4 Å². The van der Waals surface area contributed by atoms with Gasteiger partial charge in [0.15, 0.2) is 46.0 Å². The van der Waals surface area contributed by atoms with Crippen LogP contribution in [0.2, 0.25) is 0 Å². The number of nitrogens with zero attached hydrogens (tertiary/aromatic N) is 2. The molecular weight excluding hydrogens is 901 g/mol. The molecule has 0 spiro atoms. The number of likely N-dealkylation sites (N-methyl/N-ethyl adjacent to an activating group) is 2. The molecule has 4 aromatic carbocycles. The van der Waals surface area contributed by atoms with Gasteiger partial charge >= 0.3 is 11.9 Å². The summed E-state index contributed by atoms with van der Waals surface area (Å²) in [7, 11) is 20.7. The van der Waals surface area contributed by atoms with Crippen molar-refractivity contribution in [3.05, 3.63) is 94.1 Å². The van der Waals surface area contributed by atoms with Gasteiger partial charge in [-0.3, -0.25) is 0 Å². The molecule has 16 heteroatoms. The zero-order chi connectivity index (χ0) is 50.6. The van der Waals surface area contributed by atoms with Gasteiger partial charge in [-0.05, 0) is 70.8 Å². The maximum absolute atomic E-state index is 12.9. The second-order valence-corrected chi connectivity index (χ2v) is 18.0. The van der Waals surface area contributed by atoms with Crippen molar-refractivity contribution in [2.45, 2.75) is 50.6 Å². The zero-order valence-corrected chi connectivity index (χ0v) is 43.0. The van der Waals surface area contributed by atoms with E-state index < -0.39 is 11.9 Å². The molecule has 4 aromatic rings. The van der Waals surface area contributed by atoms with Crippen molar-refractivity contribution in [1.82, 2.24) is 0 Å². The molecule has 0 fully saturated rings. The number of hydrogen-bond acceptors (Lipinski definition) is 14. The summed E-state index contributed by atoms with van der Waals surface area (Å²) in [5, 5.41) is 0. The van der Waals surface area contributed by atoms with E-state index in [4.69, 9.17) is 56.8 Å². The monoisotopic (exact) mass is 972 g/mol. The Balaban J connectivity index is 1.07. The highest BCUT2D eigenvalue weighted by Crippen LogP contribution is 2.47. The molecule has 0 radical (unpaired) electrons. The summed E-state index contributed by atoms with van der Waals surface area (Å²) in [5.41, 5.74) is 6.74. The van der Waals surface area contributed by atoms with Crippen LogP contribution in [-0.2, 0) is 44.7 Å². The maximum atomic E-state index is 12.9. The van der Waals surface area contributed by atoms with E-state index in [1.807, 2.05) is 24.3 Å². The number of esters is 2. The molecule has 0 saturated carbocycles. The molecule has 16 nitrogen and oxygen atoms in total. The third-order valence-electron chi connectivity index (χ3n) is 14.1. The lowest BCUT2D eigenvalue weighted by Crippen LogP contribution is -2.52. The molecule has 0 N–H and O–H groups in total. The minimum Gasteiger partial charge on any atom is -0.493 e. The highest BCUT2D eigenvalue weighted by molar-refractivity contribution is 5.91. The summed E-state index contributed by atoms with van der Waals surface area (Å²) in [6.07, 6.45) is 6.43. The molecule has 2 aliphatic heterocycles. The summed E-state index contributed by atoms with van der Waals surface area (Å²) in [6.45, 7) is 3.49. The van der Waals surface area contributed by atoms with Crippen LogP contribution in [0.5, 0.6) is 57.5 Å². The number of benzene rings is 4. The number of hydrogen-bond donors (Lipinski definition) is 0. The molecule has 4 atom stereocenters. The number of rotatable bonds is 24. The summed E-state index contributed by atoms with van der Waals surface area (Å²) in [5.74, 6) is 4.88. The number of fused-ring (bicyclic) bond motifs is 2. The van der Waals surface area contributed by atoms with Crippen LogP contribution in [0.15, 0.2) is 60.7 Å². The Labute approximate surface area is 412 Å². The Morgan fingerprint density at radius 1 is 0.457 bits per heavy atom. The second kappa shape index (κ2) is 23.9. The molecule has 0 unspecified atom stereocenters. The highest BCUT2D eigenvalue weighted by atomic mass is 16.6. The molecule has 380 valence electrons. The lowest BCUT2D eigenvalue weighted by Gasteiger charge is -2.46. The lowest BCUT2D eigenvalue weighted by atomic mass is 9.86. The van der Waals surface area contributed by atoms with Gasteiger partial charge in [-0.25, -0.2) is 9.59 Å². The lowest BCUT2D eigenvalue weighted by molar-refractivity contribution is -0.941. The van der Waals surface area contributed by atoms with E-state index in [0.29, 0.717) is 92.1 Å². The minimum atomic E-state index is -0.610. The highest BCUT2D eigenvalue weighted by Gasteiger charge is 2.42. The first-order valence-electron chi connectivity index (χ1n) is 23.5. The fourth-order valence-electron chi connectivity index (χ4n) is 10.2. The first kappa shape index (κ1) is 52.8. The number of methoxy groups -OCH3 is 10. The summed E-state index contributed by atoms with van der Waals surface area (Å²) in [4.78, 5) is 25.8. The van der Waals surface area contributed by atoms with Crippen LogP contribution in [-0.4, -0.2) is 145 Å². The Hall–Kier alpha value is -6.52. The fraction of sp³-hybridized carbons (Fsp3) is 0.481. The number of carbonyl (C=O) groups is 2. The van der Waals surface area contributed by atoms with Gasteiger partial charge in [-0.2, -0.15) is 0 Å². The third-order valence-corrected chi connectivity index (χ3v) is 14.1. The second-order valence-electron chi connectivity index (χ2n) is 18.0. The Morgan fingerprint density at radius 2 is 0.771 bits per heavy atom. The average Bonchev–Trinajstić information content (AvgIpc) is 3.38. The van der Waals surface area contributed by atoms with Crippen LogP contribution in [0.25, 0.3) is 0 Å². The average molecular weight is 973 g/mol. The van der Waals surface area contributed by atoms with Crippen molar-refractivity contribution in [2.24, 2.45) is 0 Å². The Morgan fingerprint density at radius 3 is 1.07 bits per heavy atom. The summed E-state index contributed by atoms with van der Waals surface area (Å²) >= 11 is 0. The normalized spacial score (nSPS) is 19.3. The van der Waals surface area contributed by atoms with Gasteiger partial charge in [0.2, 0.25) is 11.5 Å². The standard InChI is InChI=1S/C54H72N2O14/c1-55(21-17-37-31-43(59-3)45(61-5)33-39(37)41(55)25-35-27-47(63-7)53(67-11)48(28-35)64-8)19-13-23-69-51(57)15-16-52(58)70-24-14-20-56(2)22-18-38-32-44(60-4)46(62-6)34-40(38)42(56)26-36-29-49(65-9)54(68-12)50(30-36)66-10/h15-16,27-34,41-42H,13-14,17-26H2,1-12H3/q+2/b16-15+/t41-,42-,55-,56-/m1/s1. The third kappa shape index (κ3) is 11.7.